The van der Waals surface area contributed by atoms with Gasteiger partial charge in [0, 0.05) is 25.8 Å². The molecule has 19 nitrogen and oxygen atoms in total. The Morgan fingerprint density at radius 2 is 1.33 bits per heavy atom. The van der Waals surface area contributed by atoms with E-state index in [2.05, 4.69) is 26.6 Å². The summed E-state index contributed by atoms with van der Waals surface area (Å²) in [5.74, 6) is -6.53. The number of amides is 6. The largest absolute Gasteiger partial charge is 0.508 e. The Bertz CT molecular complexity index is 1260. The maximum atomic E-state index is 13.2. The van der Waals surface area contributed by atoms with Crippen LogP contribution < -0.4 is 49.5 Å². The highest BCUT2D eigenvalue weighted by molar-refractivity contribution is 5.94. The number of nitrogens with one attached hydrogen (secondary N) is 6. The first-order valence-electron chi connectivity index (χ1n) is 14.2. The normalized spacial score (nSPS) is 13.2. The molecule has 4 atom stereocenters. The van der Waals surface area contributed by atoms with Gasteiger partial charge in [0.25, 0.3) is 0 Å². The Hall–Kier alpha value is -5.46. The second-order valence-corrected chi connectivity index (χ2v) is 10.3. The van der Waals surface area contributed by atoms with Gasteiger partial charge in [0.05, 0.1) is 12.6 Å². The molecule has 254 valence electrons. The van der Waals surface area contributed by atoms with Crippen LogP contribution in [0.5, 0.6) is 5.75 Å². The predicted octanol–water partition coefficient (Wildman–Crippen LogP) is -4.29. The number of guanidine groups is 1. The Morgan fingerprint density at radius 3 is 1.89 bits per heavy atom. The Kier molecular flexibility index (Phi) is 16.6. The van der Waals surface area contributed by atoms with Crippen molar-refractivity contribution < 1.29 is 43.8 Å². The number of phenolic OH excluding ortho intramolecular Hbond substituents is 1. The second kappa shape index (κ2) is 19.7. The van der Waals surface area contributed by atoms with Gasteiger partial charge in [-0.1, -0.05) is 12.1 Å². The van der Waals surface area contributed by atoms with Crippen molar-refractivity contribution >= 4 is 47.4 Å². The van der Waals surface area contributed by atoms with Crippen LogP contribution in [-0.2, 0) is 40.0 Å². The summed E-state index contributed by atoms with van der Waals surface area (Å²) in [5, 5.41) is 38.3. The molecule has 1 rings (SSSR count). The van der Waals surface area contributed by atoms with Crippen molar-refractivity contribution in [3.8, 4) is 5.75 Å². The van der Waals surface area contributed by atoms with Crippen LogP contribution in [-0.4, -0.2) is 94.8 Å². The summed E-state index contributed by atoms with van der Waals surface area (Å²) in [6.07, 6.45) is -0.729. The van der Waals surface area contributed by atoms with E-state index in [1.807, 2.05) is 0 Å². The standard InChI is InChI=1S/C27H42N10O9/c28-16(7-9-20(29)39)23(42)36-17(8-10-21(30)40)24(43)34-13-22(41)35-19(12-14-3-5-15(38)6-4-14)25(44)37-18(26(45)46)2-1-11-33-27(31)32/h3-6,16-19,38H,1-2,7-13,28H2,(H2,29,39)(H2,30,40)(H,34,43)(H,35,41)(H,36,42)(H,37,44)(H,45,46)(H4,31,32,33)/t16-,17-,18-,19-/m0/s1. The van der Waals surface area contributed by atoms with Crippen LogP contribution in [0.4, 0.5) is 0 Å². The summed E-state index contributed by atoms with van der Waals surface area (Å²) < 4.78 is 0. The SMILES string of the molecule is N=C(N)NCCC[C@H](NC(=O)[C@H](Cc1ccc(O)cc1)NC(=O)CNC(=O)[C@H](CCC(N)=O)NC(=O)[C@@H](N)CCC(N)=O)C(=O)O. The van der Waals surface area contributed by atoms with Crippen LogP contribution in [0.2, 0.25) is 0 Å². The van der Waals surface area contributed by atoms with Crippen LogP contribution in [0.25, 0.3) is 0 Å². The molecule has 0 aliphatic heterocycles. The molecule has 0 heterocycles. The lowest BCUT2D eigenvalue weighted by molar-refractivity contribution is -0.142. The lowest BCUT2D eigenvalue weighted by Crippen LogP contribution is -2.55. The van der Waals surface area contributed by atoms with Gasteiger partial charge in [-0.15, -0.1) is 0 Å². The summed E-state index contributed by atoms with van der Waals surface area (Å²) in [6.45, 7) is -0.503. The van der Waals surface area contributed by atoms with Crippen molar-refractivity contribution in [3.05, 3.63) is 29.8 Å². The van der Waals surface area contributed by atoms with Crippen LogP contribution in [0.15, 0.2) is 24.3 Å². The molecule has 1 aromatic rings. The van der Waals surface area contributed by atoms with Crippen molar-refractivity contribution in [2.75, 3.05) is 13.1 Å². The van der Waals surface area contributed by atoms with E-state index in [-0.39, 0.29) is 63.2 Å². The molecule has 0 bridgehead atoms. The molecular formula is C27H42N10O9. The number of benzene rings is 1. The van der Waals surface area contributed by atoms with E-state index < -0.39 is 72.1 Å². The number of hydrogen-bond donors (Lipinski definition) is 12. The number of phenols is 1. The van der Waals surface area contributed by atoms with E-state index in [0.29, 0.717) is 5.56 Å². The van der Waals surface area contributed by atoms with Crippen molar-refractivity contribution in [1.82, 2.24) is 26.6 Å². The van der Waals surface area contributed by atoms with E-state index in [4.69, 9.17) is 28.3 Å². The molecule has 6 amide bonds. The summed E-state index contributed by atoms with van der Waals surface area (Å²) in [7, 11) is 0. The summed E-state index contributed by atoms with van der Waals surface area (Å²) in [6, 6.07) is 0.501. The van der Waals surface area contributed by atoms with E-state index in [1.54, 1.807) is 0 Å². The average molecular weight is 651 g/mol. The predicted molar refractivity (Wildman–Crippen MR) is 162 cm³/mol. The summed E-state index contributed by atoms with van der Waals surface area (Å²) in [5.41, 5.74) is 21.7. The van der Waals surface area contributed by atoms with Gasteiger partial charge in [0.15, 0.2) is 5.96 Å². The zero-order valence-electron chi connectivity index (χ0n) is 25.0. The summed E-state index contributed by atoms with van der Waals surface area (Å²) in [4.78, 5) is 85.3. The van der Waals surface area contributed by atoms with Gasteiger partial charge in [0.2, 0.25) is 35.4 Å². The molecule has 1 aromatic carbocycles. The number of rotatable bonds is 21. The Labute approximate surface area is 264 Å². The molecule has 0 aliphatic rings. The second-order valence-electron chi connectivity index (χ2n) is 10.3. The monoisotopic (exact) mass is 650 g/mol. The number of nitrogens with two attached hydrogens (primary N) is 4. The maximum absolute atomic E-state index is 13.2. The number of carboxylic acid groups (broad SMARTS) is 1. The minimum Gasteiger partial charge on any atom is -0.508 e. The number of hydrogen-bond acceptors (Lipinski definition) is 10. The van der Waals surface area contributed by atoms with E-state index in [9.17, 15) is 43.8 Å². The smallest absolute Gasteiger partial charge is 0.326 e. The first-order valence-corrected chi connectivity index (χ1v) is 14.2. The Morgan fingerprint density at radius 1 is 0.739 bits per heavy atom. The molecule has 0 saturated carbocycles. The molecule has 0 unspecified atom stereocenters. The number of aliphatic carboxylic acids is 1. The molecule has 19 heteroatoms. The number of carbonyl (C=O) groups is 7. The molecule has 46 heavy (non-hydrogen) atoms. The van der Waals surface area contributed by atoms with Gasteiger partial charge in [-0.25, -0.2) is 4.79 Å². The average Bonchev–Trinajstić information content (AvgIpc) is 2.98. The van der Waals surface area contributed by atoms with Crippen LogP contribution >= 0.6 is 0 Å². The first kappa shape index (κ1) is 38.6. The molecule has 16 N–H and O–H groups in total. The fourth-order valence-corrected chi connectivity index (χ4v) is 3.93. The summed E-state index contributed by atoms with van der Waals surface area (Å²) >= 11 is 0. The third-order valence-electron chi connectivity index (χ3n) is 6.40. The quantitative estimate of drug-likeness (QED) is 0.0342. The molecule has 0 aromatic heterocycles. The highest BCUT2D eigenvalue weighted by Crippen LogP contribution is 2.12. The maximum Gasteiger partial charge on any atom is 0.326 e. The van der Waals surface area contributed by atoms with Crippen LogP contribution in [0.1, 0.15) is 44.1 Å². The highest BCUT2D eigenvalue weighted by atomic mass is 16.4. The highest BCUT2D eigenvalue weighted by Gasteiger charge is 2.28. The van der Waals surface area contributed by atoms with Crippen molar-refractivity contribution in [3.63, 3.8) is 0 Å². The first-order chi connectivity index (χ1) is 21.6. The van der Waals surface area contributed by atoms with E-state index >= 15 is 0 Å². The zero-order chi connectivity index (χ0) is 34.8. The van der Waals surface area contributed by atoms with E-state index in [0.717, 1.165) is 0 Å². The molecule has 0 aliphatic carbocycles. The van der Waals surface area contributed by atoms with Crippen molar-refractivity contribution in [1.29, 1.82) is 5.41 Å². The van der Waals surface area contributed by atoms with Crippen molar-refractivity contribution in [2.24, 2.45) is 22.9 Å². The number of primary amides is 2. The topological polar surface area (TPSA) is 348 Å². The Balaban J connectivity index is 2.97. The fraction of sp³-hybridized carbons (Fsp3) is 0.481. The van der Waals surface area contributed by atoms with E-state index in [1.165, 1.54) is 24.3 Å². The number of carbonyl (C=O) groups excluding carboxylic acids is 6. The number of aromatic hydroxyl groups is 1. The molecule has 0 radical (unpaired) electrons. The lowest BCUT2D eigenvalue weighted by Gasteiger charge is -2.23. The third-order valence-corrected chi connectivity index (χ3v) is 6.40. The minimum atomic E-state index is -1.34. The lowest BCUT2D eigenvalue weighted by atomic mass is 10.0. The fourth-order valence-electron chi connectivity index (χ4n) is 3.93. The minimum absolute atomic E-state index is 0.0259. The van der Waals surface area contributed by atoms with Gasteiger partial charge < -0.3 is 59.7 Å². The zero-order valence-corrected chi connectivity index (χ0v) is 25.0. The third kappa shape index (κ3) is 15.8. The number of carboxylic acids is 1. The van der Waals surface area contributed by atoms with Gasteiger partial charge in [0.1, 0.15) is 23.9 Å². The molecule has 0 saturated heterocycles. The van der Waals surface area contributed by atoms with Gasteiger partial charge in [-0.3, -0.25) is 34.2 Å². The van der Waals surface area contributed by atoms with Crippen molar-refractivity contribution in [2.45, 2.75) is 69.1 Å². The van der Waals surface area contributed by atoms with Gasteiger partial charge in [-0.2, -0.15) is 0 Å². The molecule has 0 spiro atoms. The van der Waals surface area contributed by atoms with Gasteiger partial charge in [-0.05, 0) is 43.4 Å². The van der Waals surface area contributed by atoms with Gasteiger partial charge >= 0.3 is 5.97 Å². The molecule has 0 fully saturated rings. The van der Waals surface area contributed by atoms with Crippen LogP contribution in [0.3, 0.4) is 0 Å². The van der Waals surface area contributed by atoms with Crippen LogP contribution in [0, 0.1) is 5.41 Å². The molecular weight excluding hydrogens is 608 g/mol.